The highest BCUT2D eigenvalue weighted by Crippen LogP contribution is 2.35. The maximum atomic E-state index is 12.9. The lowest BCUT2D eigenvalue weighted by molar-refractivity contribution is -0.141. The zero-order chi connectivity index (χ0) is 21.6. The number of terminal acetylenes is 1. The van der Waals surface area contributed by atoms with Gasteiger partial charge < -0.3 is 0 Å². The fourth-order valence-corrected chi connectivity index (χ4v) is 3.60. The predicted octanol–water partition coefficient (Wildman–Crippen LogP) is 4.93. The van der Waals surface area contributed by atoms with Crippen LogP contribution in [0.25, 0.3) is 21.8 Å². The molecule has 0 atom stereocenters. The molecule has 0 aliphatic heterocycles. The van der Waals surface area contributed by atoms with E-state index in [0.717, 1.165) is 22.1 Å². The number of alkyl halides is 3. The first-order valence-electron chi connectivity index (χ1n) is 8.16. The first-order chi connectivity index (χ1) is 14.4. The number of H-pyrrole nitrogens is 1. The Morgan fingerprint density at radius 3 is 2.53 bits per heavy atom. The summed E-state index contributed by atoms with van der Waals surface area (Å²) in [7, 11) is 0. The average Bonchev–Trinajstić information content (AvgIpc) is 3.39. The average molecular weight is 437 g/mol. The van der Waals surface area contributed by atoms with Gasteiger partial charge in [-0.05, 0) is 77.0 Å². The zero-order valence-electron chi connectivity index (χ0n) is 15.3. The van der Waals surface area contributed by atoms with Crippen molar-refractivity contribution in [3.63, 3.8) is 0 Å². The highest BCUT2D eigenvalue weighted by atomic mass is 32.2. The molecular formula is C22H10F3N3S2. The molecule has 0 bridgehead atoms. The molecule has 0 amide bonds. The van der Waals surface area contributed by atoms with Crippen molar-refractivity contribution < 1.29 is 13.2 Å². The number of aromatic amines is 1. The van der Waals surface area contributed by atoms with Crippen molar-refractivity contribution in [2.45, 2.75) is 11.2 Å². The fourth-order valence-electron chi connectivity index (χ4n) is 2.33. The van der Waals surface area contributed by atoms with Crippen LogP contribution in [-0.4, -0.2) is 21.4 Å². The molecule has 0 saturated carbocycles. The van der Waals surface area contributed by atoms with Crippen molar-refractivity contribution in [1.29, 1.82) is 0 Å². The molecule has 0 aliphatic carbocycles. The molecule has 0 radical (unpaired) electrons. The summed E-state index contributed by atoms with van der Waals surface area (Å²) in [6.07, 6.45) is 2.34. The molecule has 0 unspecified atom stereocenters. The summed E-state index contributed by atoms with van der Waals surface area (Å²) in [5.41, 5.74) is 1.04. The van der Waals surface area contributed by atoms with E-state index in [4.69, 9.17) is 6.42 Å². The van der Waals surface area contributed by atoms with E-state index in [1.165, 1.54) is 23.1 Å². The Balaban J connectivity index is 2.01. The Kier molecular flexibility index (Phi) is 6.55. The van der Waals surface area contributed by atoms with Crippen LogP contribution in [0.5, 0.6) is 0 Å². The third-order valence-electron chi connectivity index (χ3n) is 3.60. The van der Waals surface area contributed by atoms with E-state index in [0.29, 0.717) is 10.7 Å². The highest BCUT2D eigenvalue weighted by Gasteiger charge is 2.33. The number of hydrogen-bond donors (Lipinski definition) is 1. The molecule has 0 fully saturated rings. The number of thiophene rings is 1. The normalized spacial score (nSPS) is 9.97. The molecule has 3 aromatic rings. The number of rotatable bonds is 3. The van der Waals surface area contributed by atoms with Crippen LogP contribution in [0.15, 0.2) is 34.7 Å². The molecule has 0 spiro atoms. The second kappa shape index (κ2) is 9.29. The van der Waals surface area contributed by atoms with Crippen molar-refractivity contribution in [1.82, 2.24) is 15.2 Å². The summed E-state index contributed by atoms with van der Waals surface area (Å²) in [4.78, 5) is 5.24. The van der Waals surface area contributed by atoms with Gasteiger partial charge in [-0.25, -0.2) is 4.98 Å². The molecule has 3 nitrogen and oxygen atoms in total. The summed E-state index contributed by atoms with van der Waals surface area (Å²) >= 11 is 2.84. The third-order valence-corrected chi connectivity index (χ3v) is 5.19. The van der Waals surface area contributed by atoms with Gasteiger partial charge in [0.15, 0.2) is 0 Å². The molecule has 30 heavy (non-hydrogen) atoms. The van der Waals surface area contributed by atoms with Crippen LogP contribution in [0.3, 0.4) is 0 Å². The van der Waals surface area contributed by atoms with Crippen LogP contribution >= 0.6 is 23.1 Å². The Morgan fingerprint density at radius 1 is 1.07 bits per heavy atom. The second-order valence-corrected chi connectivity index (χ2v) is 7.25. The maximum absolute atomic E-state index is 12.9. The van der Waals surface area contributed by atoms with E-state index >= 15 is 0 Å². The second-order valence-electron chi connectivity index (χ2n) is 5.51. The lowest BCUT2D eigenvalue weighted by Crippen LogP contribution is -2.04. The first kappa shape index (κ1) is 21.2. The van der Waals surface area contributed by atoms with Gasteiger partial charge in [0.2, 0.25) is 0 Å². The molecule has 3 rings (SSSR count). The SMILES string of the molecule is C#CC#CC#CC#Cc1ccsc1-c1cc(SC)nc(-c2cc(C(F)(F)F)[nH]n2)c1. The number of halogens is 3. The van der Waals surface area contributed by atoms with Crippen molar-refractivity contribution >= 4 is 23.1 Å². The predicted molar refractivity (Wildman–Crippen MR) is 113 cm³/mol. The lowest BCUT2D eigenvalue weighted by Gasteiger charge is -2.06. The van der Waals surface area contributed by atoms with Gasteiger partial charge in [0.1, 0.15) is 11.4 Å². The van der Waals surface area contributed by atoms with Gasteiger partial charge in [-0.1, -0.05) is 5.92 Å². The number of thioether (sulfide) groups is 1. The van der Waals surface area contributed by atoms with Crippen LogP contribution in [0.1, 0.15) is 11.3 Å². The summed E-state index contributed by atoms with van der Waals surface area (Å²) in [6.45, 7) is 0. The third kappa shape index (κ3) is 5.07. The number of aromatic nitrogens is 3. The van der Waals surface area contributed by atoms with Gasteiger partial charge in [-0.15, -0.1) is 29.5 Å². The Hall–Kier alpha value is -3.56. The quantitative estimate of drug-likeness (QED) is 0.467. The van der Waals surface area contributed by atoms with E-state index < -0.39 is 11.9 Å². The van der Waals surface area contributed by atoms with Crippen molar-refractivity contribution in [2.24, 2.45) is 0 Å². The Bertz CT molecular complexity index is 1310. The van der Waals surface area contributed by atoms with E-state index in [1.807, 2.05) is 28.9 Å². The van der Waals surface area contributed by atoms with Crippen LogP contribution in [0.2, 0.25) is 0 Å². The molecule has 0 aliphatic rings. The minimum atomic E-state index is -4.51. The molecule has 146 valence electrons. The molecular weight excluding hydrogens is 427 g/mol. The van der Waals surface area contributed by atoms with Crippen molar-refractivity contribution in [2.75, 3.05) is 6.26 Å². The van der Waals surface area contributed by atoms with Gasteiger partial charge >= 0.3 is 6.18 Å². The van der Waals surface area contributed by atoms with E-state index in [-0.39, 0.29) is 5.69 Å². The van der Waals surface area contributed by atoms with Crippen LogP contribution < -0.4 is 0 Å². The monoisotopic (exact) mass is 437 g/mol. The van der Waals surface area contributed by atoms with Gasteiger partial charge in [0.25, 0.3) is 0 Å². The molecule has 0 saturated heterocycles. The number of hydrogen-bond acceptors (Lipinski definition) is 4. The van der Waals surface area contributed by atoms with Crippen LogP contribution in [-0.2, 0) is 6.18 Å². The summed E-state index contributed by atoms with van der Waals surface area (Å²) in [5, 5.41) is 8.31. The van der Waals surface area contributed by atoms with Gasteiger partial charge in [-0.2, -0.15) is 18.3 Å². The molecule has 0 aromatic carbocycles. The number of nitrogens with zero attached hydrogens (tertiary/aromatic N) is 2. The molecule has 3 heterocycles. The fraction of sp³-hybridized carbons (Fsp3) is 0.0909. The summed E-state index contributed by atoms with van der Waals surface area (Å²) < 4.78 is 38.7. The lowest BCUT2D eigenvalue weighted by atomic mass is 10.1. The molecule has 8 heteroatoms. The smallest absolute Gasteiger partial charge is 0.273 e. The number of nitrogens with one attached hydrogen (secondary N) is 1. The summed E-state index contributed by atoms with van der Waals surface area (Å²) in [6, 6.07) is 6.33. The largest absolute Gasteiger partial charge is 0.432 e. The van der Waals surface area contributed by atoms with Gasteiger partial charge in [-0.3, -0.25) is 5.10 Å². The summed E-state index contributed by atoms with van der Waals surface area (Å²) in [5.74, 6) is 17.8. The van der Waals surface area contributed by atoms with E-state index in [1.54, 1.807) is 6.07 Å². The standard InChI is InChI=1S/C22H10F3N3S2/c1-3-4-5-6-7-8-9-15-10-11-30-21(15)16-12-17(26-20(13-16)29-2)18-14-19(28-27-18)22(23,24)25/h1,10-14H,2H3,(H,27,28). The molecule has 3 aromatic heterocycles. The first-order valence-corrected chi connectivity index (χ1v) is 10.3. The topological polar surface area (TPSA) is 41.6 Å². The van der Waals surface area contributed by atoms with Crippen LogP contribution in [0.4, 0.5) is 13.2 Å². The Labute approximate surface area is 179 Å². The van der Waals surface area contributed by atoms with E-state index in [2.05, 4.69) is 51.5 Å². The van der Waals surface area contributed by atoms with Crippen molar-refractivity contribution in [3.05, 3.63) is 40.9 Å². The highest BCUT2D eigenvalue weighted by molar-refractivity contribution is 7.98. The van der Waals surface area contributed by atoms with Crippen LogP contribution in [0, 0.1) is 47.9 Å². The zero-order valence-corrected chi connectivity index (χ0v) is 16.9. The van der Waals surface area contributed by atoms with E-state index in [9.17, 15) is 13.2 Å². The molecule has 1 N–H and O–H groups in total. The Morgan fingerprint density at radius 2 is 1.83 bits per heavy atom. The maximum Gasteiger partial charge on any atom is 0.432 e. The minimum Gasteiger partial charge on any atom is -0.273 e. The van der Waals surface area contributed by atoms with Gasteiger partial charge in [0.05, 0.1) is 15.6 Å². The number of pyridine rings is 1. The van der Waals surface area contributed by atoms with Gasteiger partial charge in [0, 0.05) is 5.56 Å². The minimum absolute atomic E-state index is 0.113. The van der Waals surface area contributed by atoms with Crippen molar-refractivity contribution in [3.8, 4) is 69.7 Å².